The molecule has 6 heteroatoms. The van der Waals surface area contributed by atoms with Gasteiger partial charge in [0.15, 0.2) is 5.76 Å². The van der Waals surface area contributed by atoms with Crippen LogP contribution in [0.25, 0.3) is 12.2 Å². The maximum atomic E-state index is 10.5. The van der Waals surface area contributed by atoms with Crippen molar-refractivity contribution in [3.8, 4) is 11.5 Å². The van der Waals surface area contributed by atoms with E-state index >= 15 is 0 Å². The molecule has 6 nitrogen and oxygen atoms in total. The molecule has 1 unspecified atom stereocenters. The van der Waals surface area contributed by atoms with Crippen molar-refractivity contribution in [2.45, 2.75) is 38.8 Å². The van der Waals surface area contributed by atoms with Gasteiger partial charge >= 0.3 is 0 Å². The predicted molar refractivity (Wildman–Crippen MR) is 127 cm³/mol. The van der Waals surface area contributed by atoms with Gasteiger partial charge in [-0.2, -0.15) is 0 Å². The number of ether oxygens (including phenoxy) is 2. The molecule has 0 aliphatic rings. The second-order valence-electron chi connectivity index (χ2n) is 8.46. The third kappa shape index (κ3) is 6.97. The molecule has 0 saturated heterocycles. The summed E-state index contributed by atoms with van der Waals surface area (Å²) in [6.07, 6.45) is 3.89. The first kappa shape index (κ1) is 23.6. The summed E-state index contributed by atoms with van der Waals surface area (Å²) in [7, 11) is 1.68. The molecule has 2 aromatic carbocycles. The number of nitrogens with zero attached hydrogens (tertiary/aromatic N) is 1. The van der Waals surface area contributed by atoms with Gasteiger partial charge in [-0.1, -0.05) is 41.6 Å². The smallest absolute Gasteiger partial charge is 0.159 e. The number of para-hydroxylation sites is 2. The largest absolute Gasteiger partial charge is 0.496 e. The number of benzene rings is 2. The second-order valence-corrected chi connectivity index (χ2v) is 8.46. The van der Waals surface area contributed by atoms with E-state index in [1.54, 1.807) is 7.11 Å². The number of aryl methyl sites for hydroxylation is 1. The minimum atomic E-state index is -0.652. The van der Waals surface area contributed by atoms with E-state index in [1.807, 2.05) is 67.6 Å². The summed E-state index contributed by atoms with van der Waals surface area (Å²) < 4.78 is 16.6. The zero-order valence-electron chi connectivity index (χ0n) is 19.2. The van der Waals surface area contributed by atoms with Gasteiger partial charge in [0.05, 0.1) is 12.8 Å². The molecule has 3 aromatic rings. The summed E-state index contributed by atoms with van der Waals surface area (Å²) in [6, 6.07) is 17.5. The third-order valence-electron chi connectivity index (χ3n) is 5.06. The van der Waals surface area contributed by atoms with Gasteiger partial charge < -0.3 is 24.4 Å². The Bertz CT molecular complexity index is 1030. The SMILES string of the molecule is COc1ccccc1CC(C)(C)NCC(O)COc1ccccc1C=Cc1cc(C)no1. The number of nitrogens with one attached hydrogen (secondary N) is 1. The molecule has 32 heavy (non-hydrogen) atoms. The molecule has 0 aliphatic carbocycles. The van der Waals surface area contributed by atoms with Crippen LogP contribution in [-0.4, -0.2) is 42.2 Å². The number of aromatic nitrogens is 1. The lowest BCUT2D eigenvalue weighted by atomic mass is 9.94. The number of hydrogen-bond acceptors (Lipinski definition) is 6. The summed E-state index contributed by atoms with van der Waals surface area (Å²) in [5.41, 5.74) is 2.64. The zero-order valence-corrected chi connectivity index (χ0v) is 19.2. The Kier molecular flexibility index (Phi) is 8.09. The van der Waals surface area contributed by atoms with Crippen molar-refractivity contribution in [1.82, 2.24) is 10.5 Å². The Morgan fingerprint density at radius 2 is 1.81 bits per heavy atom. The fourth-order valence-corrected chi connectivity index (χ4v) is 3.41. The average Bonchev–Trinajstić information content (AvgIpc) is 3.20. The average molecular weight is 437 g/mol. The molecule has 2 N–H and O–H groups in total. The third-order valence-corrected chi connectivity index (χ3v) is 5.06. The van der Waals surface area contributed by atoms with Crippen molar-refractivity contribution >= 4 is 12.2 Å². The van der Waals surface area contributed by atoms with Crippen molar-refractivity contribution in [1.29, 1.82) is 0 Å². The van der Waals surface area contributed by atoms with Gasteiger partial charge in [-0.05, 0) is 57.0 Å². The van der Waals surface area contributed by atoms with Crippen LogP contribution >= 0.6 is 0 Å². The van der Waals surface area contributed by atoms with E-state index in [0.29, 0.717) is 18.1 Å². The predicted octanol–water partition coefficient (Wildman–Crippen LogP) is 4.51. The number of aliphatic hydroxyl groups excluding tert-OH is 1. The summed E-state index contributed by atoms with van der Waals surface area (Å²) in [5.74, 6) is 2.25. The van der Waals surface area contributed by atoms with Gasteiger partial charge in [0.25, 0.3) is 0 Å². The molecule has 0 saturated carbocycles. The molecule has 0 bridgehead atoms. The van der Waals surface area contributed by atoms with Crippen LogP contribution in [-0.2, 0) is 6.42 Å². The van der Waals surface area contributed by atoms with E-state index in [1.165, 1.54) is 0 Å². The Morgan fingerprint density at radius 3 is 2.53 bits per heavy atom. The van der Waals surface area contributed by atoms with E-state index in [9.17, 15) is 5.11 Å². The first-order valence-corrected chi connectivity index (χ1v) is 10.7. The summed E-state index contributed by atoms with van der Waals surface area (Å²) in [5, 5.41) is 17.8. The Hall–Kier alpha value is -3.09. The molecule has 0 fully saturated rings. The number of hydrogen-bond donors (Lipinski definition) is 2. The first-order valence-electron chi connectivity index (χ1n) is 10.7. The number of methoxy groups -OCH3 is 1. The van der Waals surface area contributed by atoms with Gasteiger partial charge in [0.1, 0.15) is 24.2 Å². The van der Waals surface area contributed by atoms with Crippen LogP contribution < -0.4 is 14.8 Å². The number of aliphatic hydroxyl groups is 1. The fourth-order valence-electron chi connectivity index (χ4n) is 3.41. The van der Waals surface area contributed by atoms with E-state index in [2.05, 4.69) is 30.4 Å². The molecule has 0 spiro atoms. The first-order chi connectivity index (χ1) is 15.4. The number of β-amino-alcohol motifs (C(OH)–C–C–N with tert-alkyl or cyclic N) is 1. The van der Waals surface area contributed by atoms with Gasteiger partial charge in [0, 0.05) is 23.7 Å². The van der Waals surface area contributed by atoms with Crippen LogP contribution in [0.4, 0.5) is 0 Å². The van der Waals surface area contributed by atoms with Crippen LogP contribution in [0.15, 0.2) is 59.1 Å². The molecule has 1 atom stereocenters. The van der Waals surface area contributed by atoms with Crippen molar-refractivity contribution in [2.24, 2.45) is 0 Å². The molecular formula is C26H32N2O4. The highest BCUT2D eigenvalue weighted by molar-refractivity contribution is 5.70. The van der Waals surface area contributed by atoms with Crippen LogP contribution in [0.3, 0.4) is 0 Å². The Balaban J connectivity index is 1.52. The van der Waals surface area contributed by atoms with E-state index in [-0.39, 0.29) is 12.1 Å². The molecular weight excluding hydrogens is 404 g/mol. The van der Waals surface area contributed by atoms with Crippen molar-refractivity contribution in [2.75, 3.05) is 20.3 Å². The van der Waals surface area contributed by atoms with E-state index in [0.717, 1.165) is 29.0 Å². The van der Waals surface area contributed by atoms with Gasteiger partial charge in [0.2, 0.25) is 0 Å². The fraction of sp³-hybridized carbons (Fsp3) is 0.346. The normalized spacial score (nSPS) is 12.8. The lowest BCUT2D eigenvalue weighted by Crippen LogP contribution is -2.46. The molecule has 0 aliphatic heterocycles. The van der Waals surface area contributed by atoms with Crippen LogP contribution in [0.5, 0.6) is 11.5 Å². The lowest BCUT2D eigenvalue weighted by molar-refractivity contribution is 0.0987. The topological polar surface area (TPSA) is 76.8 Å². The Morgan fingerprint density at radius 1 is 1.09 bits per heavy atom. The molecule has 1 heterocycles. The second kappa shape index (κ2) is 11.0. The quantitative estimate of drug-likeness (QED) is 0.460. The highest BCUT2D eigenvalue weighted by Crippen LogP contribution is 2.23. The summed E-state index contributed by atoms with van der Waals surface area (Å²) >= 11 is 0. The van der Waals surface area contributed by atoms with Crippen molar-refractivity contribution < 1.29 is 19.1 Å². The standard InChI is InChI=1S/C26H32N2O4/c1-19-15-23(32-28-19)14-13-20-9-5-8-12-25(20)31-18-22(29)17-27-26(2,3)16-21-10-6-7-11-24(21)30-4/h5-15,22,27,29H,16-18H2,1-4H3. The van der Waals surface area contributed by atoms with E-state index < -0.39 is 6.10 Å². The van der Waals surface area contributed by atoms with Crippen molar-refractivity contribution in [3.05, 3.63) is 77.2 Å². The monoisotopic (exact) mass is 436 g/mol. The van der Waals surface area contributed by atoms with Gasteiger partial charge in [-0.15, -0.1) is 0 Å². The van der Waals surface area contributed by atoms with Crippen LogP contribution in [0, 0.1) is 6.92 Å². The van der Waals surface area contributed by atoms with E-state index in [4.69, 9.17) is 14.0 Å². The minimum Gasteiger partial charge on any atom is -0.496 e. The molecule has 0 radical (unpaired) electrons. The molecule has 3 rings (SSSR count). The highest BCUT2D eigenvalue weighted by atomic mass is 16.5. The molecule has 170 valence electrons. The minimum absolute atomic E-state index is 0.185. The van der Waals surface area contributed by atoms with Crippen molar-refractivity contribution in [3.63, 3.8) is 0 Å². The molecule has 0 amide bonds. The summed E-state index contributed by atoms with van der Waals surface area (Å²) in [4.78, 5) is 0. The van der Waals surface area contributed by atoms with Crippen LogP contribution in [0.1, 0.15) is 36.4 Å². The summed E-state index contributed by atoms with van der Waals surface area (Å²) in [6.45, 7) is 6.70. The van der Waals surface area contributed by atoms with Gasteiger partial charge in [-0.3, -0.25) is 0 Å². The lowest BCUT2D eigenvalue weighted by Gasteiger charge is -2.28. The number of rotatable bonds is 11. The Labute approximate surface area is 189 Å². The molecule has 1 aromatic heterocycles. The zero-order chi connectivity index (χ0) is 23.0. The maximum absolute atomic E-state index is 10.5. The highest BCUT2D eigenvalue weighted by Gasteiger charge is 2.21. The maximum Gasteiger partial charge on any atom is 0.159 e. The van der Waals surface area contributed by atoms with Crippen LogP contribution in [0.2, 0.25) is 0 Å². The van der Waals surface area contributed by atoms with Gasteiger partial charge in [-0.25, -0.2) is 0 Å².